The highest BCUT2D eigenvalue weighted by atomic mass is 32.1. The molecule has 0 radical (unpaired) electrons. The van der Waals surface area contributed by atoms with Gasteiger partial charge in [0.25, 0.3) is 0 Å². The van der Waals surface area contributed by atoms with Crippen LogP contribution >= 0.6 is 11.3 Å². The molecule has 0 fully saturated rings. The molecular formula is C29H26F3N5O4S. The fraction of sp³-hybridized carbons (Fsp3) is 0.310. The van der Waals surface area contributed by atoms with Crippen LogP contribution in [0.2, 0.25) is 0 Å². The summed E-state index contributed by atoms with van der Waals surface area (Å²) in [6, 6.07) is 11.9. The van der Waals surface area contributed by atoms with Gasteiger partial charge in [0.1, 0.15) is 11.3 Å². The molecule has 2 atom stereocenters. The standard InChI is InChI=1S/C29H26F3N5O4S/c1-15-19(3-4-22-27(15)34-35-36(22)2)20(11-26(39)40)17-9-16-7-8-42-28(16)18(10-17)12-37-13-21-23(5-6-25(38)33-21)41-24(14-37)29(30,31)32/h3-10,20,24H,11-14H2,1-2H3,(H,33,38)(H,39,40)/t20?,24-/m1/s1. The molecule has 5 aromatic rings. The Labute approximate surface area is 241 Å². The summed E-state index contributed by atoms with van der Waals surface area (Å²) in [4.78, 5) is 28.3. The lowest BCUT2D eigenvalue weighted by atomic mass is 9.84. The molecule has 2 N–H and O–H groups in total. The fourth-order valence-electron chi connectivity index (χ4n) is 5.69. The van der Waals surface area contributed by atoms with Crippen LogP contribution in [0.4, 0.5) is 13.2 Å². The number of nitrogens with zero attached hydrogens (tertiary/aromatic N) is 4. The number of pyridine rings is 1. The molecule has 42 heavy (non-hydrogen) atoms. The Hall–Kier alpha value is -4.23. The maximum Gasteiger partial charge on any atom is 0.426 e. The molecule has 0 aliphatic carbocycles. The average molecular weight is 598 g/mol. The fourth-order valence-corrected chi connectivity index (χ4v) is 6.57. The summed E-state index contributed by atoms with van der Waals surface area (Å²) in [5, 5.41) is 21.0. The molecular weight excluding hydrogens is 571 g/mol. The summed E-state index contributed by atoms with van der Waals surface area (Å²) < 4.78 is 49.7. The number of carboxylic acids is 1. The summed E-state index contributed by atoms with van der Waals surface area (Å²) >= 11 is 1.46. The van der Waals surface area contributed by atoms with E-state index in [4.69, 9.17) is 4.74 Å². The molecule has 0 spiro atoms. The summed E-state index contributed by atoms with van der Waals surface area (Å²) in [6.07, 6.45) is -6.91. The van der Waals surface area contributed by atoms with E-state index >= 15 is 0 Å². The van der Waals surface area contributed by atoms with Crippen molar-refractivity contribution in [2.75, 3.05) is 6.54 Å². The number of ether oxygens (including phenoxy) is 1. The van der Waals surface area contributed by atoms with Gasteiger partial charge in [-0.2, -0.15) is 13.2 Å². The third-order valence-corrected chi connectivity index (χ3v) is 8.68. The number of aromatic nitrogens is 4. The maximum absolute atomic E-state index is 14.0. The normalized spacial score (nSPS) is 16.7. The zero-order chi connectivity index (χ0) is 29.8. The van der Waals surface area contributed by atoms with Crippen LogP contribution in [0.5, 0.6) is 5.75 Å². The molecule has 3 aromatic heterocycles. The second-order valence-corrected chi connectivity index (χ2v) is 11.4. The highest BCUT2D eigenvalue weighted by Gasteiger charge is 2.44. The van der Waals surface area contributed by atoms with Crippen molar-refractivity contribution in [1.82, 2.24) is 24.9 Å². The molecule has 4 heterocycles. The number of fused-ring (bicyclic) bond motifs is 3. The van der Waals surface area contributed by atoms with Gasteiger partial charge in [-0.3, -0.25) is 14.5 Å². The summed E-state index contributed by atoms with van der Waals surface area (Å²) in [7, 11) is 1.78. The molecule has 6 rings (SSSR count). The van der Waals surface area contributed by atoms with Crippen LogP contribution in [-0.2, 0) is 24.9 Å². The predicted octanol–water partition coefficient (Wildman–Crippen LogP) is 5.11. The third-order valence-electron chi connectivity index (χ3n) is 7.68. The molecule has 0 amide bonds. The molecule has 13 heteroatoms. The minimum atomic E-state index is -4.63. The average Bonchev–Trinajstić information content (AvgIpc) is 3.50. The van der Waals surface area contributed by atoms with Crippen molar-refractivity contribution >= 4 is 38.4 Å². The number of nitrogens with one attached hydrogen (secondary N) is 1. The zero-order valence-corrected chi connectivity index (χ0v) is 23.4. The summed E-state index contributed by atoms with van der Waals surface area (Å²) in [5.41, 5.74) is 4.43. The second-order valence-electron chi connectivity index (χ2n) is 10.5. The van der Waals surface area contributed by atoms with E-state index in [1.54, 1.807) is 16.6 Å². The number of carbonyl (C=O) groups is 1. The van der Waals surface area contributed by atoms with Gasteiger partial charge in [-0.1, -0.05) is 17.3 Å². The van der Waals surface area contributed by atoms with Gasteiger partial charge in [0.15, 0.2) is 0 Å². The van der Waals surface area contributed by atoms with Gasteiger partial charge < -0.3 is 14.8 Å². The monoisotopic (exact) mass is 597 g/mol. The molecule has 1 aliphatic rings. The van der Waals surface area contributed by atoms with Crippen molar-refractivity contribution in [3.05, 3.63) is 86.1 Å². The quantitative estimate of drug-likeness (QED) is 0.280. The first-order valence-corrected chi connectivity index (χ1v) is 14.0. The van der Waals surface area contributed by atoms with E-state index in [1.165, 1.54) is 17.4 Å². The largest absolute Gasteiger partial charge is 0.481 e. The molecule has 2 aromatic carbocycles. The van der Waals surface area contributed by atoms with Gasteiger partial charge in [-0.05, 0) is 64.2 Å². The second kappa shape index (κ2) is 10.6. The molecule has 0 saturated carbocycles. The van der Waals surface area contributed by atoms with E-state index in [-0.39, 0.29) is 31.0 Å². The smallest absolute Gasteiger partial charge is 0.426 e. The summed E-state index contributed by atoms with van der Waals surface area (Å²) in [5.74, 6) is -1.53. The van der Waals surface area contributed by atoms with Crippen LogP contribution in [-0.4, -0.2) is 54.8 Å². The minimum absolute atomic E-state index is 0.00847. The van der Waals surface area contributed by atoms with Crippen LogP contribution in [0.15, 0.2) is 52.6 Å². The van der Waals surface area contributed by atoms with Crippen molar-refractivity contribution in [2.45, 2.75) is 44.6 Å². The minimum Gasteiger partial charge on any atom is -0.481 e. The number of aryl methyl sites for hydroxylation is 2. The Bertz CT molecular complexity index is 1880. The van der Waals surface area contributed by atoms with E-state index in [1.807, 2.05) is 42.6 Å². The number of benzene rings is 2. The van der Waals surface area contributed by atoms with E-state index in [0.29, 0.717) is 5.52 Å². The molecule has 218 valence electrons. The van der Waals surface area contributed by atoms with E-state index in [2.05, 4.69) is 15.3 Å². The summed E-state index contributed by atoms with van der Waals surface area (Å²) in [6.45, 7) is 1.60. The zero-order valence-electron chi connectivity index (χ0n) is 22.6. The van der Waals surface area contributed by atoms with Crippen molar-refractivity contribution < 1.29 is 27.8 Å². The molecule has 9 nitrogen and oxygen atoms in total. The van der Waals surface area contributed by atoms with Crippen LogP contribution in [0.3, 0.4) is 0 Å². The van der Waals surface area contributed by atoms with Crippen LogP contribution < -0.4 is 10.3 Å². The number of halogens is 3. The van der Waals surface area contributed by atoms with Gasteiger partial charge in [0.05, 0.1) is 17.6 Å². The number of H-pyrrole nitrogens is 1. The number of thiophene rings is 1. The van der Waals surface area contributed by atoms with Crippen molar-refractivity contribution in [3.8, 4) is 5.75 Å². The Morgan fingerprint density at radius 2 is 2.05 bits per heavy atom. The van der Waals surface area contributed by atoms with E-state index in [0.717, 1.165) is 43.9 Å². The number of hydrogen-bond acceptors (Lipinski definition) is 7. The molecule has 1 aliphatic heterocycles. The van der Waals surface area contributed by atoms with Gasteiger partial charge in [-0.25, -0.2) is 4.68 Å². The lowest BCUT2D eigenvalue weighted by Gasteiger charge is -2.26. The number of hydrogen-bond donors (Lipinski definition) is 2. The van der Waals surface area contributed by atoms with Gasteiger partial charge in [0, 0.05) is 43.4 Å². The first-order chi connectivity index (χ1) is 20.0. The Morgan fingerprint density at radius 3 is 2.81 bits per heavy atom. The van der Waals surface area contributed by atoms with Crippen molar-refractivity contribution in [1.29, 1.82) is 0 Å². The highest BCUT2D eigenvalue weighted by Crippen LogP contribution is 2.38. The number of aromatic amines is 1. The SMILES string of the molecule is Cc1c(C(CC(=O)O)c2cc(CN3Cc4[nH]c(=O)ccc4O[C@@H](C(F)(F)F)C3)c3sccc3c2)ccc2c1nnn2C. The highest BCUT2D eigenvalue weighted by molar-refractivity contribution is 7.17. The first-order valence-electron chi connectivity index (χ1n) is 13.2. The lowest BCUT2D eigenvalue weighted by molar-refractivity contribution is -0.198. The third kappa shape index (κ3) is 5.25. The Morgan fingerprint density at radius 1 is 1.24 bits per heavy atom. The molecule has 0 bridgehead atoms. The maximum atomic E-state index is 14.0. The van der Waals surface area contributed by atoms with Crippen LogP contribution in [0.1, 0.15) is 40.3 Å². The van der Waals surface area contributed by atoms with Crippen molar-refractivity contribution in [3.63, 3.8) is 0 Å². The van der Waals surface area contributed by atoms with Gasteiger partial charge in [0.2, 0.25) is 11.7 Å². The van der Waals surface area contributed by atoms with Gasteiger partial charge >= 0.3 is 12.1 Å². The number of carboxylic acid groups (broad SMARTS) is 1. The van der Waals surface area contributed by atoms with E-state index in [9.17, 15) is 27.9 Å². The van der Waals surface area contributed by atoms with Crippen LogP contribution in [0, 0.1) is 6.92 Å². The van der Waals surface area contributed by atoms with Crippen LogP contribution in [0.25, 0.3) is 21.1 Å². The van der Waals surface area contributed by atoms with Crippen molar-refractivity contribution in [2.24, 2.45) is 7.05 Å². The first kappa shape index (κ1) is 27.9. The Balaban J connectivity index is 1.43. The van der Waals surface area contributed by atoms with Gasteiger partial charge in [-0.15, -0.1) is 16.4 Å². The Kier molecular flexibility index (Phi) is 7.01. The van der Waals surface area contributed by atoms with E-state index < -0.39 is 36.3 Å². The molecule has 0 saturated heterocycles. The predicted molar refractivity (Wildman–Crippen MR) is 151 cm³/mol. The topological polar surface area (TPSA) is 113 Å². The number of alkyl halides is 3. The number of rotatable bonds is 6. The lowest BCUT2D eigenvalue weighted by Crippen LogP contribution is -2.42. The molecule has 1 unspecified atom stereocenters. The number of aliphatic carboxylic acids is 1.